The molecule has 0 unspecified atom stereocenters. The Labute approximate surface area is 159 Å². The highest BCUT2D eigenvalue weighted by Crippen LogP contribution is 2.15. The number of nitrogens with zero attached hydrogens (tertiary/aromatic N) is 1. The molecule has 10 heteroatoms. The van der Waals surface area contributed by atoms with E-state index in [1.807, 2.05) is 6.92 Å². The molecule has 0 radical (unpaired) electrons. The molecule has 1 aromatic rings. The summed E-state index contributed by atoms with van der Waals surface area (Å²) in [4.78, 5) is 35.5. The summed E-state index contributed by atoms with van der Waals surface area (Å²) in [7, 11) is -0.941. The second kappa shape index (κ2) is 10.0. The lowest BCUT2D eigenvalue weighted by Gasteiger charge is -2.14. The van der Waals surface area contributed by atoms with Crippen molar-refractivity contribution in [3.63, 3.8) is 0 Å². The number of ether oxygens (including phenoxy) is 1. The van der Waals surface area contributed by atoms with Crippen LogP contribution in [0.1, 0.15) is 30.6 Å². The largest absolute Gasteiger partial charge is 0.452 e. The molecule has 27 heavy (non-hydrogen) atoms. The maximum absolute atomic E-state index is 12.1. The first-order valence-corrected chi connectivity index (χ1v) is 9.80. The number of nitrogens with one attached hydrogen (secondary N) is 2. The lowest BCUT2D eigenvalue weighted by atomic mass is 10.2. The van der Waals surface area contributed by atoms with Crippen LogP contribution in [0.3, 0.4) is 0 Å². The van der Waals surface area contributed by atoms with Crippen molar-refractivity contribution in [2.24, 2.45) is 0 Å². The molecular formula is C17H25N3O6S. The first-order chi connectivity index (χ1) is 12.6. The molecule has 9 nitrogen and oxygen atoms in total. The topological polar surface area (TPSA) is 122 Å². The van der Waals surface area contributed by atoms with Gasteiger partial charge in [0.2, 0.25) is 15.9 Å². The molecule has 1 rings (SSSR count). The molecule has 0 aliphatic carbocycles. The van der Waals surface area contributed by atoms with Crippen LogP contribution in [-0.4, -0.2) is 63.8 Å². The predicted octanol–water partition coefficient (Wildman–Crippen LogP) is 0.125. The molecule has 0 saturated heterocycles. The van der Waals surface area contributed by atoms with Crippen molar-refractivity contribution < 1.29 is 27.5 Å². The van der Waals surface area contributed by atoms with Crippen LogP contribution in [0.5, 0.6) is 0 Å². The number of amides is 2. The van der Waals surface area contributed by atoms with Crippen LogP contribution in [0.4, 0.5) is 0 Å². The second-order valence-corrected chi connectivity index (χ2v) is 8.12. The second-order valence-electron chi connectivity index (χ2n) is 5.97. The maximum Gasteiger partial charge on any atom is 0.338 e. The van der Waals surface area contributed by atoms with Crippen molar-refractivity contribution in [3.05, 3.63) is 29.8 Å². The number of carbonyl (C=O) groups excluding carboxylic acids is 3. The Hall–Kier alpha value is -2.46. The summed E-state index contributed by atoms with van der Waals surface area (Å²) in [6.45, 7) is 3.33. The molecule has 0 bridgehead atoms. The van der Waals surface area contributed by atoms with Gasteiger partial charge in [-0.1, -0.05) is 13.0 Å². The Kier molecular flexibility index (Phi) is 8.38. The monoisotopic (exact) mass is 399 g/mol. The van der Waals surface area contributed by atoms with Crippen LogP contribution >= 0.6 is 0 Å². The fraction of sp³-hybridized carbons (Fsp3) is 0.471. The van der Waals surface area contributed by atoms with Gasteiger partial charge in [-0.25, -0.2) is 17.5 Å². The van der Waals surface area contributed by atoms with E-state index in [9.17, 15) is 22.8 Å². The molecule has 2 amide bonds. The summed E-state index contributed by atoms with van der Waals surface area (Å²) in [5, 5.41) is 5.05. The first-order valence-electron chi connectivity index (χ1n) is 8.36. The van der Waals surface area contributed by atoms with Crippen molar-refractivity contribution >= 4 is 27.8 Å². The van der Waals surface area contributed by atoms with Crippen LogP contribution in [-0.2, 0) is 24.3 Å². The fourth-order valence-electron chi connectivity index (χ4n) is 1.96. The van der Waals surface area contributed by atoms with Gasteiger partial charge in [0.1, 0.15) is 6.04 Å². The minimum atomic E-state index is -3.70. The summed E-state index contributed by atoms with van der Waals surface area (Å²) >= 11 is 0. The molecule has 1 aromatic carbocycles. The predicted molar refractivity (Wildman–Crippen MR) is 98.5 cm³/mol. The highest BCUT2D eigenvalue weighted by molar-refractivity contribution is 7.89. The van der Waals surface area contributed by atoms with Gasteiger partial charge >= 0.3 is 5.97 Å². The van der Waals surface area contributed by atoms with Crippen molar-refractivity contribution in [2.75, 3.05) is 27.2 Å². The molecule has 0 spiro atoms. The standard InChI is InChI=1S/C17H25N3O6S/c1-5-9-18-16(22)12(2)19-15(21)11-26-17(23)13-7-6-8-14(10-13)27(24,25)20(3)4/h6-8,10,12H,5,9,11H2,1-4H3,(H,18,22)(H,19,21)/t12-/m0/s1. The minimum absolute atomic E-state index is 0.000498. The van der Waals surface area contributed by atoms with Gasteiger partial charge in [-0.15, -0.1) is 0 Å². The van der Waals surface area contributed by atoms with Crippen LogP contribution in [0, 0.1) is 0 Å². The Bertz CT molecular complexity index is 792. The van der Waals surface area contributed by atoms with Gasteiger partial charge in [-0.05, 0) is 31.5 Å². The van der Waals surface area contributed by atoms with Gasteiger partial charge in [-0.3, -0.25) is 9.59 Å². The van der Waals surface area contributed by atoms with E-state index in [4.69, 9.17) is 4.74 Å². The van der Waals surface area contributed by atoms with Gasteiger partial charge in [-0.2, -0.15) is 0 Å². The molecule has 0 aromatic heterocycles. The number of rotatable bonds is 9. The Morgan fingerprint density at radius 3 is 2.48 bits per heavy atom. The van der Waals surface area contributed by atoms with Gasteiger partial charge < -0.3 is 15.4 Å². The van der Waals surface area contributed by atoms with Crippen LogP contribution in [0.25, 0.3) is 0 Å². The van der Waals surface area contributed by atoms with E-state index in [-0.39, 0.29) is 16.4 Å². The number of sulfonamides is 1. The van der Waals surface area contributed by atoms with E-state index in [1.165, 1.54) is 45.3 Å². The van der Waals surface area contributed by atoms with Crippen LogP contribution < -0.4 is 10.6 Å². The number of carbonyl (C=O) groups is 3. The number of esters is 1. The summed E-state index contributed by atoms with van der Waals surface area (Å²) in [6, 6.07) is 4.56. The quantitative estimate of drug-likeness (QED) is 0.569. The van der Waals surface area contributed by atoms with E-state index in [1.54, 1.807) is 0 Å². The number of hydrogen-bond acceptors (Lipinski definition) is 6. The number of hydrogen-bond donors (Lipinski definition) is 2. The van der Waals surface area contributed by atoms with Gasteiger partial charge in [0.05, 0.1) is 10.5 Å². The molecule has 2 N–H and O–H groups in total. The molecule has 150 valence electrons. The van der Waals surface area contributed by atoms with E-state index in [2.05, 4.69) is 10.6 Å². The Morgan fingerprint density at radius 2 is 1.89 bits per heavy atom. The third kappa shape index (κ3) is 6.65. The first kappa shape index (κ1) is 22.6. The van der Waals surface area contributed by atoms with Crippen molar-refractivity contribution in [1.29, 1.82) is 0 Å². The summed E-state index contributed by atoms with van der Waals surface area (Å²) in [5.41, 5.74) is -0.000498. The molecular weight excluding hydrogens is 374 g/mol. The van der Waals surface area contributed by atoms with Crippen molar-refractivity contribution in [3.8, 4) is 0 Å². The molecule has 0 saturated carbocycles. The molecule has 0 heterocycles. The van der Waals surface area contributed by atoms with E-state index >= 15 is 0 Å². The molecule has 0 aliphatic rings. The summed E-state index contributed by atoms with van der Waals surface area (Å²) in [5.74, 6) is -1.82. The summed E-state index contributed by atoms with van der Waals surface area (Å²) < 4.78 is 30.1. The summed E-state index contributed by atoms with van der Waals surface area (Å²) in [6.07, 6.45) is 0.770. The van der Waals surface area contributed by atoms with E-state index in [0.717, 1.165) is 10.7 Å². The van der Waals surface area contributed by atoms with Crippen LogP contribution in [0.2, 0.25) is 0 Å². The van der Waals surface area contributed by atoms with Gasteiger partial charge in [0, 0.05) is 20.6 Å². The average molecular weight is 399 g/mol. The Morgan fingerprint density at radius 1 is 1.22 bits per heavy atom. The zero-order valence-electron chi connectivity index (χ0n) is 15.8. The molecule has 0 fully saturated rings. The van der Waals surface area contributed by atoms with Crippen LogP contribution in [0.15, 0.2) is 29.2 Å². The van der Waals surface area contributed by atoms with Crippen molar-refractivity contribution in [2.45, 2.75) is 31.2 Å². The minimum Gasteiger partial charge on any atom is -0.452 e. The highest BCUT2D eigenvalue weighted by atomic mass is 32.2. The third-order valence-corrected chi connectivity index (χ3v) is 5.31. The smallest absolute Gasteiger partial charge is 0.338 e. The average Bonchev–Trinajstić information content (AvgIpc) is 2.63. The lowest BCUT2D eigenvalue weighted by Crippen LogP contribution is -2.46. The fourth-order valence-corrected chi connectivity index (χ4v) is 2.91. The Balaban J connectivity index is 2.65. The third-order valence-electron chi connectivity index (χ3n) is 3.50. The normalized spacial score (nSPS) is 12.3. The van der Waals surface area contributed by atoms with Gasteiger partial charge in [0.15, 0.2) is 6.61 Å². The number of benzene rings is 1. The molecule has 0 aliphatic heterocycles. The SMILES string of the molecule is CCCNC(=O)[C@H](C)NC(=O)COC(=O)c1cccc(S(=O)(=O)N(C)C)c1. The highest BCUT2D eigenvalue weighted by Gasteiger charge is 2.20. The molecule has 1 atom stereocenters. The van der Waals surface area contributed by atoms with E-state index < -0.39 is 34.5 Å². The zero-order chi connectivity index (χ0) is 20.6. The van der Waals surface area contributed by atoms with Gasteiger partial charge in [0.25, 0.3) is 5.91 Å². The van der Waals surface area contributed by atoms with E-state index in [0.29, 0.717) is 6.54 Å². The maximum atomic E-state index is 12.1. The van der Waals surface area contributed by atoms with Crippen molar-refractivity contribution in [1.82, 2.24) is 14.9 Å². The zero-order valence-corrected chi connectivity index (χ0v) is 16.6. The lowest BCUT2D eigenvalue weighted by molar-refractivity contribution is -0.130.